The molecule has 0 amide bonds. The summed E-state index contributed by atoms with van der Waals surface area (Å²) in [5, 5.41) is 0. The number of hydrogen-bond acceptors (Lipinski definition) is 2. The molecule has 0 fully saturated rings. The quantitative estimate of drug-likeness (QED) is 0.524. The minimum Gasteiger partial charge on any atom is -0.504 e. The fourth-order valence-corrected chi connectivity index (χ4v) is 1.19. The SMILES string of the molecule is CCCCOc1cccc(/C=C/OC)c1. The highest BCUT2D eigenvalue weighted by Crippen LogP contribution is 2.14. The van der Waals surface area contributed by atoms with Gasteiger partial charge in [0.2, 0.25) is 0 Å². The largest absolute Gasteiger partial charge is 0.504 e. The molecule has 0 unspecified atom stereocenters. The van der Waals surface area contributed by atoms with Crippen LogP contribution in [0.25, 0.3) is 6.08 Å². The van der Waals surface area contributed by atoms with Gasteiger partial charge in [0.15, 0.2) is 0 Å². The molecule has 0 atom stereocenters. The maximum absolute atomic E-state index is 5.59. The summed E-state index contributed by atoms with van der Waals surface area (Å²) >= 11 is 0. The first-order valence-electron chi connectivity index (χ1n) is 5.29. The highest BCUT2D eigenvalue weighted by atomic mass is 16.5. The third kappa shape index (κ3) is 4.54. The van der Waals surface area contributed by atoms with E-state index in [0.29, 0.717) is 0 Å². The van der Waals surface area contributed by atoms with E-state index in [-0.39, 0.29) is 0 Å². The Morgan fingerprint density at radius 3 is 2.93 bits per heavy atom. The van der Waals surface area contributed by atoms with Crippen LogP contribution in [0.4, 0.5) is 0 Å². The second-order valence-electron chi connectivity index (χ2n) is 3.31. The summed E-state index contributed by atoms with van der Waals surface area (Å²) in [6, 6.07) is 7.98. The Balaban J connectivity index is 2.53. The van der Waals surface area contributed by atoms with Gasteiger partial charge in [-0.05, 0) is 30.2 Å². The molecule has 0 saturated carbocycles. The summed E-state index contributed by atoms with van der Waals surface area (Å²) in [6.07, 6.45) is 5.82. The fourth-order valence-electron chi connectivity index (χ4n) is 1.19. The van der Waals surface area contributed by atoms with Gasteiger partial charge in [-0.2, -0.15) is 0 Å². The number of hydrogen-bond donors (Lipinski definition) is 0. The predicted molar refractivity (Wildman–Crippen MR) is 62.9 cm³/mol. The number of methoxy groups -OCH3 is 1. The van der Waals surface area contributed by atoms with Crippen LogP contribution in [0.1, 0.15) is 25.3 Å². The highest BCUT2D eigenvalue weighted by Gasteiger charge is 1.93. The van der Waals surface area contributed by atoms with Gasteiger partial charge in [-0.15, -0.1) is 0 Å². The van der Waals surface area contributed by atoms with E-state index in [1.54, 1.807) is 13.4 Å². The normalized spacial score (nSPS) is 10.5. The highest BCUT2D eigenvalue weighted by molar-refractivity contribution is 5.50. The zero-order valence-electron chi connectivity index (χ0n) is 9.40. The van der Waals surface area contributed by atoms with Crippen LogP contribution in [0.3, 0.4) is 0 Å². The van der Waals surface area contributed by atoms with Crippen LogP contribution >= 0.6 is 0 Å². The molecule has 1 aromatic rings. The van der Waals surface area contributed by atoms with Crippen LogP contribution in [-0.4, -0.2) is 13.7 Å². The summed E-state index contributed by atoms with van der Waals surface area (Å²) < 4.78 is 10.5. The molecule has 82 valence electrons. The lowest BCUT2D eigenvalue weighted by molar-refractivity contribution is 0.309. The maximum Gasteiger partial charge on any atom is 0.119 e. The number of benzene rings is 1. The Morgan fingerprint density at radius 1 is 1.33 bits per heavy atom. The van der Waals surface area contributed by atoms with Crippen LogP contribution in [0.2, 0.25) is 0 Å². The molecule has 0 bridgehead atoms. The molecule has 0 saturated heterocycles. The van der Waals surface area contributed by atoms with Crippen LogP contribution in [-0.2, 0) is 4.74 Å². The molecule has 1 aromatic carbocycles. The smallest absolute Gasteiger partial charge is 0.119 e. The van der Waals surface area contributed by atoms with E-state index in [4.69, 9.17) is 9.47 Å². The van der Waals surface area contributed by atoms with Crippen molar-refractivity contribution >= 4 is 6.08 Å². The third-order valence-electron chi connectivity index (χ3n) is 2.02. The van der Waals surface area contributed by atoms with Gasteiger partial charge in [-0.3, -0.25) is 0 Å². The molecule has 0 aliphatic rings. The molecular weight excluding hydrogens is 188 g/mol. The van der Waals surface area contributed by atoms with Crippen molar-refractivity contribution in [2.24, 2.45) is 0 Å². The Kier molecular flexibility index (Phi) is 5.38. The van der Waals surface area contributed by atoms with E-state index in [0.717, 1.165) is 30.8 Å². The van der Waals surface area contributed by atoms with Crippen molar-refractivity contribution in [3.63, 3.8) is 0 Å². The van der Waals surface area contributed by atoms with Gasteiger partial charge in [0.1, 0.15) is 5.75 Å². The lowest BCUT2D eigenvalue weighted by Crippen LogP contribution is -1.96. The van der Waals surface area contributed by atoms with Gasteiger partial charge in [-0.1, -0.05) is 25.5 Å². The van der Waals surface area contributed by atoms with Gasteiger partial charge in [0.25, 0.3) is 0 Å². The monoisotopic (exact) mass is 206 g/mol. The van der Waals surface area contributed by atoms with Crippen molar-refractivity contribution in [3.05, 3.63) is 36.1 Å². The molecule has 1 rings (SSSR count). The standard InChI is InChI=1S/C13H18O2/c1-3-4-9-15-13-7-5-6-12(11-13)8-10-14-2/h5-8,10-11H,3-4,9H2,1-2H3/b10-8+. The lowest BCUT2D eigenvalue weighted by atomic mass is 10.2. The summed E-state index contributed by atoms with van der Waals surface area (Å²) in [7, 11) is 1.64. The number of unbranched alkanes of at least 4 members (excludes halogenated alkanes) is 1. The lowest BCUT2D eigenvalue weighted by Gasteiger charge is -2.05. The van der Waals surface area contributed by atoms with Crippen molar-refractivity contribution in [2.75, 3.05) is 13.7 Å². The number of ether oxygens (including phenoxy) is 2. The summed E-state index contributed by atoms with van der Waals surface area (Å²) in [5.41, 5.74) is 1.09. The van der Waals surface area contributed by atoms with Gasteiger partial charge < -0.3 is 9.47 Å². The Labute approximate surface area is 91.5 Å². The second-order valence-corrected chi connectivity index (χ2v) is 3.31. The van der Waals surface area contributed by atoms with Crippen LogP contribution in [0.15, 0.2) is 30.5 Å². The summed E-state index contributed by atoms with van der Waals surface area (Å²) in [6.45, 7) is 2.94. The van der Waals surface area contributed by atoms with Crippen molar-refractivity contribution in [1.82, 2.24) is 0 Å². The Hall–Kier alpha value is -1.44. The number of rotatable bonds is 6. The van der Waals surface area contributed by atoms with Crippen molar-refractivity contribution in [1.29, 1.82) is 0 Å². The third-order valence-corrected chi connectivity index (χ3v) is 2.02. The molecule has 2 heteroatoms. The van der Waals surface area contributed by atoms with E-state index < -0.39 is 0 Å². The van der Waals surface area contributed by atoms with E-state index in [1.165, 1.54) is 0 Å². The minimum absolute atomic E-state index is 0.786. The van der Waals surface area contributed by atoms with Gasteiger partial charge in [0, 0.05) is 0 Å². The topological polar surface area (TPSA) is 18.5 Å². The first-order chi connectivity index (χ1) is 7.36. The summed E-state index contributed by atoms with van der Waals surface area (Å²) in [5.74, 6) is 0.918. The predicted octanol–water partition coefficient (Wildman–Crippen LogP) is 3.48. The van der Waals surface area contributed by atoms with Gasteiger partial charge >= 0.3 is 0 Å². The average molecular weight is 206 g/mol. The van der Waals surface area contributed by atoms with E-state index in [1.807, 2.05) is 30.3 Å². The van der Waals surface area contributed by atoms with Crippen molar-refractivity contribution in [3.8, 4) is 5.75 Å². The molecular formula is C13H18O2. The van der Waals surface area contributed by atoms with Crippen LogP contribution in [0, 0.1) is 0 Å². The van der Waals surface area contributed by atoms with Gasteiger partial charge in [0.05, 0.1) is 20.0 Å². The molecule has 0 N–H and O–H groups in total. The van der Waals surface area contributed by atoms with Crippen LogP contribution < -0.4 is 4.74 Å². The van der Waals surface area contributed by atoms with Gasteiger partial charge in [-0.25, -0.2) is 0 Å². The zero-order valence-corrected chi connectivity index (χ0v) is 9.40. The molecule has 0 aliphatic heterocycles. The second kappa shape index (κ2) is 6.93. The molecule has 0 heterocycles. The Bertz CT molecular complexity index is 305. The van der Waals surface area contributed by atoms with Crippen molar-refractivity contribution < 1.29 is 9.47 Å². The zero-order chi connectivity index (χ0) is 10.9. The van der Waals surface area contributed by atoms with Crippen LogP contribution in [0.5, 0.6) is 5.75 Å². The molecule has 2 nitrogen and oxygen atoms in total. The Morgan fingerprint density at radius 2 is 2.20 bits per heavy atom. The fraction of sp³-hybridized carbons (Fsp3) is 0.385. The first kappa shape index (κ1) is 11.6. The van der Waals surface area contributed by atoms with Crippen molar-refractivity contribution in [2.45, 2.75) is 19.8 Å². The molecule has 0 aliphatic carbocycles. The van der Waals surface area contributed by atoms with E-state index >= 15 is 0 Å². The van der Waals surface area contributed by atoms with E-state index in [9.17, 15) is 0 Å². The minimum atomic E-state index is 0.786. The van der Waals surface area contributed by atoms with E-state index in [2.05, 4.69) is 6.92 Å². The molecule has 15 heavy (non-hydrogen) atoms. The maximum atomic E-state index is 5.59. The molecule has 0 aromatic heterocycles. The summed E-state index contributed by atoms with van der Waals surface area (Å²) in [4.78, 5) is 0. The average Bonchev–Trinajstić information content (AvgIpc) is 2.27. The first-order valence-corrected chi connectivity index (χ1v) is 5.29. The molecule has 0 spiro atoms. The molecule has 0 radical (unpaired) electrons.